The van der Waals surface area contributed by atoms with E-state index in [4.69, 9.17) is 11.5 Å². The second-order valence-electron chi connectivity index (χ2n) is 7.44. The molecular formula is C22H28N4O2. The molecule has 0 spiro atoms. The molecule has 6 heteroatoms. The highest BCUT2D eigenvalue weighted by molar-refractivity contribution is 5.91. The molecule has 0 aromatic heterocycles. The normalized spacial score (nSPS) is 18.4. The summed E-state index contributed by atoms with van der Waals surface area (Å²) in [6.07, 6.45) is 2.10. The summed E-state index contributed by atoms with van der Waals surface area (Å²) < 4.78 is 0. The number of rotatable bonds is 7. The Kier molecular flexibility index (Phi) is 6.79. The van der Waals surface area contributed by atoms with Crippen LogP contribution in [0, 0.1) is 5.92 Å². The number of benzene rings is 2. The number of nitrogens with zero attached hydrogens (tertiary/aromatic N) is 1. The molecule has 6 nitrogen and oxygen atoms in total. The molecule has 1 heterocycles. The van der Waals surface area contributed by atoms with Gasteiger partial charge >= 0.3 is 0 Å². The molecule has 0 radical (unpaired) electrons. The van der Waals surface area contributed by atoms with Crippen molar-refractivity contribution in [2.75, 3.05) is 18.4 Å². The van der Waals surface area contributed by atoms with E-state index in [9.17, 15) is 9.59 Å². The van der Waals surface area contributed by atoms with E-state index in [1.807, 2.05) is 54.6 Å². The predicted octanol–water partition coefficient (Wildman–Crippen LogP) is 2.41. The molecule has 0 saturated carbocycles. The van der Waals surface area contributed by atoms with E-state index in [-0.39, 0.29) is 30.2 Å². The maximum absolute atomic E-state index is 12.3. The fourth-order valence-electron chi connectivity index (χ4n) is 3.61. The van der Waals surface area contributed by atoms with Gasteiger partial charge in [0.25, 0.3) is 0 Å². The summed E-state index contributed by atoms with van der Waals surface area (Å²) in [6, 6.07) is 17.1. The summed E-state index contributed by atoms with van der Waals surface area (Å²) in [4.78, 5) is 25.9. The van der Waals surface area contributed by atoms with Crippen molar-refractivity contribution in [3.63, 3.8) is 0 Å². The van der Waals surface area contributed by atoms with Crippen LogP contribution >= 0.6 is 0 Å². The molecule has 0 aliphatic carbocycles. The summed E-state index contributed by atoms with van der Waals surface area (Å²) in [5.74, 6) is -0.373. The van der Waals surface area contributed by atoms with Crippen molar-refractivity contribution < 1.29 is 9.59 Å². The van der Waals surface area contributed by atoms with Gasteiger partial charge < -0.3 is 16.8 Å². The maximum Gasteiger partial charge on any atom is 0.226 e. The number of hydrogen-bond acceptors (Lipinski definition) is 4. The number of carbonyl (C=O) groups is 2. The van der Waals surface area contributed by atoms with Crippen LogP contribution in [0.2, 0.25) is 0 Å². The lowest BCUT2D eigenvalue weighted by molar-refractivity contribution is -0.123. The van der Waals surface area contributed by atoms with E-state index in [0.29, 0.717) is 6.54 Å². The lowest BCUT2D eigenvalue weighted by Gasteiger charge is -2.31. The van der Waals surface area contributed by atoms with Crippen molar-refractivity contribution in [3.8, 4) is 0 Å². The molecule has 28 heavy (non-hydrogen) atoms. The highest BCUT2D eigenvalue weighted by Crippen LogP contribution is 2.20. The van der Waals surface area contributed by atoms with Gasteiger partial charge in [0.1, 0.15) is 0 Å². The molecule has 1 aliphatic heterocycles. The Balaban J connectivity index is 1.50. The average Bonchev–Trinajstić information content (AvgIpc) is 2.70. The van der Waals surface area contributed by atoms with Gasteiger partial charge in [-0.05, 0) is 42.6 Å². The minimum atomic E-state index is -0.322. The monoisotopic (exact) mass is 380 g/mol. The topological polar surface area (TPSA) is 101 Å². The zero-order valence-corrected chi connectivity index (χ0v) is 16.0. The molecule has 2 unspecified atom stereocenters. The number of carbonyl (C=O) groups excluding carboxylic acids is 2. The number of likely N-dealkylation sites (tertiary alicyclic amines) is 1. The third kappa shape index (κ3) is 5.65. The summed E-state index contributed by atoms with van der Waals surface area (Å²) >= 11 is 0. The van der Waals surface area contributed by atoms with Crippen LogP contribution in [0.4, 0.5) is 5.69 Å². The molecular weight excluding hydrogens is 352 g/mol. The quantitative estimate of drug-likeness (QED) is 0.686. The van der Waals surface area contributed by atoms with Crippen LogP contribution in [0.3, 0.4) is 0 Å². The van der Waals surface area contributed by atoms with Gasteiger partial charge in [0.15, 0.2) is 0 Å². The first kappa shape index (κ1) is 20.0. The van der Waals surface area contributed by atoms with E-state index >= 15 is 0 Å². The molecule has 0 bridgehead atoms. The Labute approximate surface area is 165 Å². The minimum Gasteiger partial charge on any atom is -0.369 e. The number of nitrogens with two attached hydrogens (primary N) is 2. The molecule has 148 valence electrons. The van der Waals surface area contributed by atoms with Crippen molar-refractivity contribution in [1.29, 1.82) is 0 Å². The first-order valence-corrected chi connectivity index (χ1v) is 9.72. The molecule has 2 atom stereocenters. The number of amides is 2. The molecule has 5 N–H and O–H groups in total. The van der Waals surface area contributed by atoms with Crippen LogP contribution < -0.4 is 16.8 Å². The standard InChI is InChI=1S/C22H28N4O2/c23-20(17-5-2-1-3-6-17)13-21(27)25-19-10-8-16(9-11-19)14-26-12-4-7-18(15-26)22(24)28/h1-3,5-6,8-11,18,20H,4,7,12-15,23H2,(H2,24,28)(H,25,27). The van der Waals surface area contributed by atoms with Crippen LogP contribution in [-0.4, -0.2) is 29.8 Å². The highest BCUT2D eigenvalue weighted by Gasteiger charge is 2.23. The molecule has 2 aromatic carbocycles. The van der Waals surface area contributed by atoms with Gasteiger partial charge in [-0.3, -0.25) is 14.5 Å². The van der Waals surface area contributed by atoms with Crippen LogP contribution in [0.1, 0.15) is 36.4 Å². The SMILES string of the molecule is NC(=O)C1CCCN(Cc2ccc(NC(=O)CC(N)c3ccccc3)cc2)C1. The number of hydrogen-bond donors (Lipinski definition) is 3. The van der Waals surface area contributed by atoms with E-state index in [0.717, 1.165) is 42.7 Å². The fourth-order valence-corrected chi connectivity index (χ4v) is 3.61. The first-order valence-electron chi connectivity index (χ1n) is 9.72. The molecule has 1 aliphatic rings. The van der Waals surface area contributed by atoms with Gasteiger partial charge in [0.2, 0.25) is 11.8 Å². The number of piperidine rings is 1. The zero-order chi connectivity index (χ0) is 19.9. The van der Waals surface area contributed by atoms with Gasteiger partial charge in [-0.2, -0.15) is 0 Å². The Morgan fingerprint density at radius 3 is 2.50 bits per heavy atom. The Morgan fingerprint density at radius 2 is 1.82 bits per heavy atom. The van der Waals surface area contributed by atoms with Crippen LogP contribution in [0.5, 0.6) is 0 Å². The number of primary amides is 1. The van der Waals surface area contributed by atoms with Gasteiger partial charge in [0, 0.05) is 31.2 Å². The van der Waals surface area contributed by atoms with Crippen LogP contribution in [-0.2, 0) is 16.1 Å². The largest absolute Gasteiger partial charge is 0.369 e. The third-order valence-electron chi connectivity index (χ3n) is 5.18. The Bertz CT molecular complexity index is 792. The van der Waals surface area contributed by atoms with Crippen molar-refractivity contribution in [1.82, 2.24) is 4.90 Å². The summed E-state index contributed by atoms with van der Waals surface area (Å²) in [5.41, 5.74) is 14.4. The van der Waals surface area contributed by atoms with Gasteiger partial charge in [-0.1, -0.05) is 42.5 Å². The molecule has 3 rings (SSSR count). The van der Waals surface area contributed by atoms with Gasteiger partial charge in [-0.25, -0.2) is 0 Å². The second kappa shape index (κ2) is 9.48. The summed E-state index contributed by atoms with van der Waals surface area (Å²) in [7, 11) is 0. The van der Waals surface area contributed by atoms with Gasteiger partial charge in [-0.15, -0.1) is 0 Å². The van der Waals surface area contributed by atoms with E-state index in [1.165, 1.54) is 0 Å². The fraction of sp³-hybridized carbons (Fsp3) is 0.364. The average molecular weight is 380 g/mol. The third-order valence-corrected chi connectivity index (χ3v) is 5.18. The van der Waals surface area contributed by atoms with E-state index < -0.39 is 0 Å². The van der Waals surface area contributed by atoms with E-state index in [2.05, 4.69) is 10.2 Å². The Morgan fingerprint density at radius 1 is 1.11 bits per heavy atom. The summed E-state index contributed by atoms with van der Waals surface area (Å²) in [5, 5.41) is 2.90. The zero-order valence-electron chi connectivity index (χ0n) is 16.0. The van der Waals surface area contributed by atoms with Crippen molar-refractivity contribution in [2.45, 2.75) is 31.8 Å². The van der Waals surface area contributed by atoms with E-state index in [1.54, 1.807) is 0 Å². The predicted molar refractivity (Wildman–Crippen MR) is 110 cm³/mol. The molecule has 1 saturated heterocycles. The Hall–Kier alpha value is -2.70. The maximum atomic E-state index is 12.3. The number of nitrogens with one attached hydrogen (secondary N) is 1. The smallest absolute Gasteiger partial charge is 0.226 e. The molecule has 2 aromatic rings. The van der Waals surface area contributed by atoms with Crippen molar-refractivity contribution >= 4 is 17.5 Å². The lowest BCUT2D eigenvalue weighted by Crippen LogP contribution is -2.40. The summed E-state index contributed by atoms with van der Waals surface area (Å²) in [6.45, 7) is 2.46. The van der Waals surface area contributed by atoms with Crippen LogP contribution in [0.25, 0.3) is 0 Å². The van der Waals surface area contributed by atoms with Crippen LogP contribution in [0.15, 0.2) is 54.6 Å². The first-order chi connectivity index (χ1) is 13.5. The molecule has 1 fully saturated rings. The van der Waals surface area contributed by atoms with Crippen molar-refractivity contribution in [2.24, 2.45) is 17.4 Å². The number of anilines is 1. The minimum absolute atomic E-state index is 0.0545. The molecule has 2 amide bonds. The van der Waals surface area contributed by atoms with Crippen molar-refractivity contribution in [3.05, 3.63) is 65.7 Å². The lowest BCUT2D eigenvalue weighted by atomic mass is 9.97. The highest BCUT2D eigenvalue weighted by atomic mass is 16.2. The van der Waals surface area contributed by atoms with Gasteiger partial charge in [0.05, 0.1) is 5.92 Å². The second-order valence-corrected chi connectivity index (χ2v) is 7.44.